The zero-order chi connectivity index (χ0) is 16.3. The van der Waals surface area contributed by atoms with Crippen LogP contribution in [0.3, 0.4) is 0 Å². The Kier molecular flexibility index (Phi) is 4.54. The van der Waals surface area contributed by atoms with Crippen LogP contribution in [0.2, 0.25) is 0 Å². The standard InChI is InChI=1S/C17H22N2O3/c1-5-10-18-15(20)14-13-9-7-6-8-12(13)11-19(14)16(21)22-17(2,3)4/h5-9,14H,1,10-11H2,2-4H3,(H,18,20). The summed E-state index contributed by atoms with van der Waals surface area (Å²) in [4.78, 5) is 26.3. The number of nitrogens with one attached hydrogen (secondary N) is 1. The fourth-order valence-electron chi connectivity index (χ4n) is 2.43. The monoisotopic (exact) mass is 302 g/mol. The number of amides is 2. The number of ether oxygens (including phenoxy) is 1. The predicted octanol–water partition coefficient (Wildman–Crippen LogP) is 2.78. The number of carbonyl (C=O) groups is 2. The SMILES string of the molecule is C=CCNC(=O)C1c2ccccc2CN1C(=O)OC(C)(C)C. The van der Waals surface area contributed by atoms with Crippen molar-refractivity contribution in [2.24, 2.45) is 0 Å². The van der Waals surface area contributed by atoms with Crippen LogP contribution in [0.25, 0.3) is 0 Å². The molecule has 1 heterocycles. The van der Waals surface area contributed by atoms with Gasteiger partial charge in [-0.25, -0.2) is 4.79 Å². The van der Waals surface area contributed by atoms with Gasteiger partial charge in [-0.3, -0.25) is 9.69 Å². The Morgan fingerprint density at radius 2 is 2.09 bits per heavy atom. The van der Waals surface area contributed by atoms with Crippen LogP contribution in [-0.4, -0.2) is 29.0 Å². The maximum atomic E-state index is 12.4. The lowest BCUT2D eigenvalue weighted by atomic mass is 10.0. The zero-order valence-corrected chi connectivity index (χ0v) is 13.3. The van der Waals surface area contributed by atoms with Crippen LogP contribution >= 0.6 is 0 Å². The molecule has 0 fully saturated rings. The van der Waals surface area contributed by atoms with E-state index in [-0.39, 0.29) is 5.91 Å². The number of rotatable bonds is 3. The van der Waals surface area contributed by atoms with Gasteiger partial charge in [0.1, 0.15) is 11.6 Å². The number of hydrogen-bond acceptors (Lipinski definition) is 3. The molecule has 0 saturated heterocycles. The van der Waals surface area contributed by atoms with Gasteiger partial charge in [0.25, 0.3) is 0 Å². The molecule has 2 amide bonds. The molecule has 0 aromatic heterocycles. The van der Waals surface area contributed by atoms with Gasteiger partial charge >= 0.3 is 6.09 Å². The van der Waals surface area contributed by atoms with E-state index in [0.29, 0.717) is 13.1 Å². The first-order chi connectivity index (χ1) is 10.3. The van der Waals surface area contributed by atoms with Crippen molar-refractivity contribution in [3.05, 3.63) is 48.0 Å². The van der Waals surface area contributed by atoms with Crippen LogP contribution in [0.15, 0.2) is 36.9 Å². The molecule has 1 N–H and O–H groups in total. The number of nitrogens with zero attached hydrogens (tertiary/aromatic N) is 1. The Bertz CT molecular complexity index is 590. The van der Waals surface area contributed by atoms with Crippen LogP contribution in [0.4, 0.5) is 4.79 Å². The Morgan fingerprint density at radius 1 is 1.41 bits per heavy atom. The second-order valence-electron chi connectivity index (χ2n) is 6.24. The van der Waals surface area contributed by atoms with E-state index in [0.717, 1.165) is 11.1 Å². The van der Waals surface area contributed by atoms with Gasteiger partial charge in [-0.05, 0) is 31.9 Å². The molecule has 0 spiro atoms. The summed E-state index contributed by atoms with van der Waals surface area (Å²) in [5.41, 5.74) is 1.20. The lowest BCUT2D eigenvalue weighted by Gasteiger charge is -2.28. The van der Waals surface area contributed by atoms with Gasteiger partial charge in [0.15, 0.2) is 0 Å². The maximum Gasteiger partial charge on any atom is 0.411 e. The van der Waals surface area contributed by atoms with E-state index in [1.807, 2.05) is 24.3 Å². The van der Waals surface area contributed by atoms with E-state index < -0.39 is 17.7 Å². The number of benzene rings is 1. The fourth-order valence-corrected chi connectivity index (χ4v) is 2.43. The first kappa shape index (κ1) is 16.1. The van der Waals surface area contributed by atoms with Gasteiger partial charge in [0.2, 0.25) is 5.91 Å². The van der Waals surface area contributed by atoms with Gasteiger partial charge in [-0.2, -0.15) is 0 Å². The molecule has 1 aromatic rings. The minimum atomic E-state index is -0.661. The van der Waals surface area contributed by atoms with Crippen molar-refractivity contribution in [2.45, 2.75) is 39.0 Å². The van der Waals surface area contributed by atoms with Gasteiger partial charge < -0.3 is 10.1 Å². The topological polar surface area (TPSA) is 58.6 Å². The van der Waals surface area contributed by atoms with Crippen molar-refractivity contribution in [2.75, 3.05) is 6.54 Å². The summed E-state index contributed by atoms with van der Waals surface area (Å²) in [6.07, 6.45) is 1.12. The van der Waals surface area contributed by atoms with Gasteiger partial charge in [-0.1, -0.05) is 30.3 Å². The Hall–Kier alpha value is -2.30. The highest BCUT2D eigenvalue weighted by Gasteiger charge is 2.40. The van der Waals surface area contributed by atoms with Gasteiger partial charge in [0.05, 0.1) is 6.54 Å². The van der Waals surface area contributed by atoms with Crippen molar-refractivity contribution in [1.29, 1.82) is 0 Å². The van der Waals surface area contributed by atoms with Crippen LogP contribution < -0.4 is 5.32 Å². The molecule has 1 aliphatic rings. The van der Waals surface area contributed by atoms with E-state index in [9.17, 15) is 9.59 Å². The van der Waals surface area contributed by atoms with Crippen molar-refractivity contribution in [3.63, 3.8) is 0 Å². The second kappa shape index (κ2) is 6.22. The molecule has 22 heavy (non-hydrogen) atoms. The Labute approximate surface area is 130 Å². The third kappa shape index (κ3) is 3.47. The second-order valence-corrected chi connectivity index (χ2v) is 6.24. The molecular weight excluding hydrogens is 280 g/mol. The number of carbonyl (C=O) groups excluding carboxylic acids is 2. The first-order valence-electron chi connectivity index (χ1n) is 7.29. The van der Waals surface area contributed by atoms with Crippen molar-refractivity contribution in [3.8, 4) is 0 Å². The minimum absolute atomic E-state index is 0.226. The maximum absolute atomic E-state index is 12.4. The third-order valence-electron chi connectivity index (χ3n) is 3.30. The van der Waals surface area contributed by atoms with Crippen molar-refractivity contribution >= 4 is 12.0 Å². The molecule has 0 radical (unpaired) electrons. The van der Waals surface area contributed by atoms with E-state index in [4.69, 9.17) is 4.74 Å². The molecule has 1 aromatic carbocycles. The number of fused-ring (bicyclic) bond motifs is 1. The summed E-state index contributed by atoms with van der Waals surface area (Å²) in [6, 6.07) is 6.90. The van der Waals surface area contributed by atoms with E-state index >= 15 is 0 Å². The van der Waals surface area contributed by atoms with E-state index in [1.54, 1.807) is 26.8 Å². The molecule has 1 atom stereocenters. The molecule has 0 saturated carbocycles. The van der Waals surface area contributed by atoms with E-state index in [2.05, 4.69) is 11.9 Å². The summed E-state index contributed by atoms with van der Waals surface area (Å²) in [5.74, 6) is -0.226. The highest BCUT2D eigenvalue weighted by Crippen LogP contribution is 2.34. The average molecular weight is 302 g/mol. The lowest BCUT2D eigenvalue weighted by molar-refractivity contribution is -0.126. The summed E-state index contributed by atoms with van der Waals surface area (Å²) in [6.45, 7) is 9.74. The first-order valence-corrected chi connectivity index (χ1v) is 7.29. The molecule has 5 heteroatoms. The van der Waals surface area contributed by atoms with Crippen LogP contribution in [-0.2, 0) is 16.1 Å². The quantitative estimate of drug-likeness (QED) is 0.873. The number of hydrogen-bond donors (Lipinski definition) is 1. The summed E-state index contributed by atoms with van der Waals surface area (Å²) in [5, 5.41) is 2.76. The zero-order valence-electron chi connectivity index (χ0n) is 13.3. The van der Waals surface area contributed by atoms with Crippen molar-refractivity contribution < 1.29 is 14.3 Å². The van der Waals surface area contributed by atoms with Gasteiger partial charge in [-0.15, -0.1) is 6.58 Å². The normalized spacial score (nSPS) is 16.9. The summed E-state index contributed by atoms with van der Waals surface area (Å²) in [7, 11) is 0. The molecule has 0 aliphatic carbocycles. The molecule has 1 unspecified atom stereocenters. The molecule has 2 rings (SSSR count). The molecular formula is C17H22N2O3. The summed E-state index contributed by atoms with van der Waals surface area (Å²) >= 11 is 0. The molecule has 0 bridgehead atoms. The Balaban J connectivity index is 2.27. The molecule has 5 nitrogen and oxygen atoms in total. The molecule has 118 valence electrons. The van der Waals surface area contributed by atoms with Crippen molar-refractivity contribution in [1.82, 2.24) is 10.2 Å². The smallest absolute Gasteiger partial charge is 0.411 e. The van der Waals surface area contributed by atoms with Crippen LogP contribution in [0, 0.1) is 0 Å². The van der Waals surface area contributed by atoms with Gasteiger partial charge in [0, 0.05) is 6.54 Å². The highest BCUT2D eigenvalue weighted by atomic mass is 16.6. The summed E-state index contributed by atoms with van der Waals surface area (Å²) < 4.78 is 5.42. The minimum Gasteiger partial charge on any atom is -0.444 e. The molecule has 1 aliphatic heterocycles. The third-order valence-corrected chi connectivity index (χ3v) is 3.30. The Morgan fingerprint density at radius 3 is 2.73 bits per heavy atom. The highest BCUT2D eigenvalue weighted by molar-refractivity contribution is 5.88. The lowest BCUT2D eigenvalue weighted by Crippen LogP contribution is -2.42. The largest absolute Gasteiger partial charge is 0.444 e. The van der Waals surface area contributed by atoms with Crippen LogP contribution in [0.1, 0.15) is 37.9 Å². The predicted molar refractivity (Wildman–Crippen MR) is 84.2 cm³/mol. The van der Waals surface area contributed by atoms with E-state index in [1.165, 1.54) is 4.90 Å². The fraction of sp³-hybridized carbons (Fsp3) is 0.412. The average Bonchev–Trinajstić information content (AvgIpc) is 2.82. The van der Waals surface area contributed by atoms with Crippen LogP contribution in [0.5, 0.6) is 0 Å².